The highest BCUT2D eigenvalue weighted by Crippen LogP contribution is 2.36. The quantitative estimate of drug-likeness (QED) is 0.627. The number of amides is 2. The standard InChI is InChI=1S/C22H20F5N3O5/c1-10-4-13(23)11(14(24)5-10)6-28-20(33)12-7-29-15-2-3-35-8-16(15)30(9-22(25,26)27)21(34)17(29)19(32)18(12)31/h4-5,7,15-16,32H,2-3,6,8-9H2,1H3,(H,28,33)/t15-,16+/m0/s1. The van der Waals surface area contributed by atoms with Crippen LogP contribution in [0.3, 0.4) is 0 Å². The molecule has 1 saturated heterocycles. The van der Waals surface area contributed by atoms with Gasteiger partial charge < -0.3 is 24.6 Å². The first-order valence-electron chi connectivity index (χ1n) is 10.6. The van der Waals surface area contributed by atoms with E-state index in [0.717, 1.165) is 22.9 Å². The first kappa shape index (κ1) is 24.6. The van der Waals surface area contributed by atoms with Crippen molar-refractivity contribution in [3.8, 4) is 5.75 Å². The molecule has 0 radical (unpaired) electrons. The molecule has 2 atom stereocenters. The number of pyridine rings is 1. The van der Waals surface area contributed by atoms with Gasteiger partial charge in [-0.1, -0.05) is 0 Å². The molecule has 3 heterocycles. The Morgan fingerprint density at radius 2 is 1.86 bits per heavy atom. The van der Waals surface area contributed by atoms with Gasteiger partial charge in [-0.2, -0.15) is 13.2 Å². The molecule has 2 aromatic rings. The molecular weight excluding hydrogens is 481 g/mol. The number of aryl methyl sites for hydroxylation is 1. The molecule has 1 aromatic carbocycles. The summed E-state index contributed by atoms with van der Waals surface area (Å²) in [5.41, 5.74) is -2.74. The number of fused-ring (bicyclic) bond motifs is 3. The van der Waals surface area contributed by atoms with E-state index in [1.165, 1.54) is 6.92 Å². The summed E-state index contributed by atoms with van der Waals surface area (Å²) < 4.78 is 73.9. The third-order valence-corrected chi connectivity index (χ3v) is 6.03. The van der Waals surface area contributed by atoms with Crippen molar-refractivity contribution >= 4 is 11.8 Å². The summed E-state index contributed by atoms with van der Waals surface area (Å²) in [6.07, 6.45) is -3.63. The van der Waals surface area contributed by atoms with Gasteiger partial charge in [0.2, 0.25) is 5.43 Å². The predicted octanol–water partition coefficient (Wildman–Crippen LogP) is 2.42. The van der Waals surface area contributed by atoms with Gasteiger partial charge in [0.1, 0.15) is 23.7 Å². The lowest BCUT2D eigenvalue weighted by atomic mass is 9.95. The van der Waals surface area contributed by atoms with Crippen LogP contribution in [0.2, 0.25) is 0 Å². The molecule has 0 saturated carbocycles. The van der Waals surface area contributed by atoms with Crippen molar-refractivity contribution in [2.24, 2.45) is 0 Å². The molecule has 1 fully saturated rings. The SMILES string of the molecule is Cc1cc(F)c(CNC(=O)c2cn3c(c(O)c2=O)C(=O)N(CC(F)(F)F)[C@@H]2COCC[C@@H]23)c(F)c1. The smallest absolute Gasteiger partial charge is 0.406 e. The zero-order chi connectivity index (χ0) is 25.7. The summed E-state index contributed by atoms with van der Waals surface area (Å²) in [7, 11) is 0. The first-order chi connectivity index (χ1) is 16.4. The van der Waals surface area contributed by atoms with Crippen molar-refractivity contribution in [3.63, 3.8) is 0 Å². The van der Waals surface area contributed by atoms with Crippen LogP contribution in [0.1, 0.15) is 44.4 Å². The second-order valence-electron chi connectivity index (χ2n) is 8.41. The zero-order valence-corrected chi connectivity index (χ0v) is 18.3. The number of halogens is 5. The topological polar surface area (TPSA) is 101 Å². The number of aromatic hydroxyl groups is 1. The third kappa shape index (κ3) is 4.59. The minimum absolute atomic E-state index is 0.134. The summed E-state index contributed by atoms with van der Waals surface area (Å²) in [5.74, 6) is -5.33. The Hall–Kier alpha value is -3.48. The van der Waals surface area contributed by atoms with Crippen LogP contribution < -0.4 is 10.7 Å². The Labute approximate surface area is 194 Å². The van der Waals surface area contributed by atoms with Crippen molar-refractivity contribution in [1.82, 2.24) is 14.8 Å². The van der Waals surface area contributed by atoms with E-state index in [1.807, 2.05) is 0 Å². The molecule has 188 valence electrons. The molecule has 0 spiro atoms. The minimum Gasteiger partial charge on any atom is -0.503 e. The van der Waals surface area contributed by atoms with Crippen LogP contribution in [-0.2, 0) is 11.3 Å². The van der Waals surface area contributed by atoms with Crippen LogP contribution in [0.4, 0.5) is 22.0 Å². The van der Waals surface area contributed by atoms with Gasteiger partial charge in [-0.25, -0.2) is 8.78 Å². The lowest BCUT2D eigenvalue weighted by Crippen LogP contribution is -2.57. The summed E-state index contributed by atoms with van der Waals surface area (Å²) in [5, 5.41) is 12.7. The van der Waals surface area contributed by atoms with Gasteiger partial charge >= 0.3 is 6.18 Å². The second kappa shape index (κ2) is 8.95. The van der Waals surface area contributed by atoms with Crippen LogP contribution in [-0.4, -0.2) is 58.4 Å². The molecule has 0 aliphatic carbocycles. The molecule has 35 heavy (non-hydrogen) atoms. The number of hydrogen-bond donors (Lipinski definition) is 2. The number of ether oxygens (including phenoxy) is 1. The summed E-state index contributed by atoms with van der Waals surface area (Å²) >= 11 is 0. The van der Waals surface area contributed by atoms with Crippen molar-refractivity contribution in [2.75, 3.05) is 19.8 Å². The van der Waals surface area contributed by atoms with Crippen molar-refractivity contribution < 1.29 is 41.4 Å². The molecule has 1 aromatic heterocycles. The number of benzene rings is 1. The summed E-state index contributed by atoms with van der Waals surface area (Å²) in [6.45, 7) is -0.829. The fourth-order valence-electron chi connectivity index (χ4n) is 4.42. The Morgan fingerprint density at radius 3 is 2.49 bits per heavy atom. The number of rotatable bonds is 4. The van der Waals surface area contributed by atoms with E-state index in [0.29, 0.717) is 10.5 Å². The normalized spacial score (nSPS) is 19.8. The highest BCUT2D eigenvalue weighted by molar-refractivity contribution is 5.99. The van der Waals surface area contributed by atoms with Crippen LogP contribution in [0.15, 0.2) is 23.1 Å². The van der Waals surface area contributed by atoms with Crippen molar-refractivity contribution in [1.29, 1.82) is 0 Å². The van der Waals surface area contributed by atoms with Gasteiger partial charge in [-0.15, -0.1) is 0 Å². The van der Waals surface area contributed by atoms with Gasteiger partial charge in [0, 0.05) is 24.9 Å². The lowest BCUT2D eigenvalue weighted by Gasteiger charge is -2.45. The molecule has 0 unspecified atom stereocenters. The van der Waals surface area contributed by atoms with Gasteiger partial charge in [0.15, 0.2) is 11.4 Å². The van der Waals surface area contributed by atoms with Crippen molar-refractivity contribution in [3.05, 3.63) is 62.6 Å². The third-order valence-electron chi connectivity index (χ3n) is 6.03. The number of hydrogen-bond acceptors (Lipinski definition) is 5. The molecule has 8 nitrogen and oxygen atoms in total. The maximum atomic E-state index is 14.1. The van der Waals surface area contributed by atoms with E-state index in [9.17, 15) is 41.4 Å². The van der Waals surface area contributed by atoms with Gasteiger partial charge in [-0.3, -0.25) is 14.4 Å². The maximum Gasteiger partial charge on any atom is 0.406 e. The fraction of sp³-hybridized carbons (Fsp3) is 0.409. The van der Waals surface area contributed by atoms with E-state index < -0.39 is 82.8 Å². The number of nitrogens with one attached hydrogen (secondary N) is 1. The highest BCUT2D eigenvalue weighted by Gasteiger charge is 2.47. The van der Waals surface area contributed by atoms with E-state index in [-0.39, 0.29) is 19.6 Å². The van der Waals surface area contributed by atoms with E-state index in [2.05, 4.69) is 5.32 Å². The molecule has 0 bridgehead atoms. The minimum atomic E-state index is -4.74. The molecule has 2 aliphatic rings. The molecule has 13 heteroatoms. The maximum absolute atomic E-state index is 14.1. The summed E-state index contributed by atoms with van der Waals surface area (Å²) in [6, 6.07) is 0.254. The number of alkyl halides is 3. The van der Waals surface area contributed by atoms with E-state index in [4.69, 9.17) is 4.74 Å². The number of nitrogens with zero attached hydrogens (tertiary/aromatic N) is 2. The largest absolute Gasteiger partial charge is 0.503 e. The Kier molecular flexibility index (Phi) is 6.30. The number of carbonyl (C=O) groups is 2. The monoisotopic (exact) mass is 501 g/mol. The first-order valence-corrected chi connectivity index (χ1v) is 10.6. The van der Waals surface area contributed by atoms with Gasteiger partial charge in [0.25, 0.3) is 11.8 Å². The number of carbonyl (C=O) groups excluding carboxylic acids is 2. The lowest BCUT2D eigenvalue weighted by molar-refractivity contribution is -0.153. The van der Waals surface area contributed by atoms with Crippen molar-refractivity contribution in [2.45, 2.75) is 38.1 Å². The van der Waals surface area contributed by atoms with E-state index in [1.54, 1.807) is 0 Å². The van der Waals surface area contributed by atoms with E-state index >= 15 is 0 Å². The summed E-state index contributed by atoms with van der Waals surface area (Å²) in [4.78, 5) is 38.8. The highest BCUT2D eigenvalue weighted by atomic mass is 19.4. The Balaban J connectivity index is 1.70. The molecule has 2 aliphatic heterocycles. The second-order valence-corrected chi connectivity index (χ2v) is 8.41. The zero-order valence-electron chi connectivity index (χ0n) is 18.3. The fourth-order valence-corrected chi connectivity index (χ4v) is 4.42. The van der Waals surface area contributed by atoms with Crippen LogP contribution >= 0.6 is 0 Å². The Morgan fingerprint density at radius 1 is 1.20 bits per heavy atom. The molecule has 2 amide bonds. The average molecular weight is 501 g/mol. The predicted molar refractivity (Wildman–Crippen MR) is 110 cm³/mol. The number of aromatic nitrogens is 1. The van der Waals surface area contributed by atoms with Gasteiger partial charge in [0.05, 0.1) is 18.7 Å². The Bertz CT molecular complexity index is 1240. The van der Waals surface area contributed by atoms with Crippen LogP contribution in [0.5, 0.6) is 5.75 Å². The van der Waals surface area contributed by atoms with Crippen LogP contribution in [0.25, 0.3) is 0 Å². The molecule has 4 rings (SSSR count). The average Bonchev–Trinajstić information content (AvgIpc) is 2.76. The van der Waals surface area contributed by atoms with Crippen LogP contribution in [0, 0.1) is 18.6 Å². The molecular formula is C22H20F5N3O5. The van der Waals surface area contributed by atoms with Gasteiger partial charge in [-0.05, 0) is 31.0 Å². The molecule has 2 N–H and O–H groups in total.